The number of fused-ring (bicyclic) bond motifs is 1. The Balaban J connectivity index is 1.74. The van der Waals surface area contributed by atoms with E-state index < -0.39 is 0 Å². The minimum atomic E-state index is -0.351. The lowest BCUT2D eigenvalue weighted by Gasteiger charge is -2.35. The van der Waals surface area contributed by atoms with Crippen LogP contribution in [0.3, 0.4) is 0 Å². The molecule has 3 aliphatic rings. The predicted molar refractivity (Wildman–Crippen MR) is 70.7 cm³/mol. The van der Waals surface area contributed by atoms with Gasteiger partial charge in [0.25, 0.3) is 0 Å². The van der Waals surface area contributed by atoms with Crippen molar-refractivity contribution in [3.63, 3.8) is 0 Å². The van der Waals surface area contributed by atoms with Crippen LogP contribution >= 0.6 is 0 Å². The first kappa shape index (κ1) is 12.4. The van der Waals surface area contributed by atoms with Gasteiger partial charge in [0.2, 0.25) is 0 Å². The van der Waals surface area contributed by atoms with Crippen molar-refractivity contribution in [1.29, 1.82) is 0 Å². The van der Waals surface area contributed by atoms with Crippen molar-refractivity contribution < 1.29 is 14.3 Å². The lowest BCUT2D eigenvalue weighted by Crippen LogP contribution is -2.37. The van der Waals surface area contributed by atoms with Gasteiger partial charge in [-0.25, -0.2) is 0 Å². The maximum absolute atomic E-state index is 12.5. The maximum atomic E-state index is 12.5. The fourth-order valence-electron chi connectivity index (χ4n) is 3.64. The number of Topliss-reactive ketones (excluding diaryl/α,β-unsaturated/α-hetero) is 1. The molecule has 0 spiro atoms. The van der Waals surface area contributed by atoms with E-state index in [0.29, 0.717) is 18.9 Å². The first-order valence-electron chi connectivity index (χ1n) is 6.93. The molecule has 0 N–H and O–H groups in total. The Labute approximate surface area is 113 Å². The minimum absolute atomic E-state index is 0.00630. The average molecular weight is 258 g/mol. The second kappa shape index (κ2) is 4.48. The second-order valence-corrected chi connectivity index (χ2v) is 5.71. The summed E-state index contributed by atoms with van der Waals surface area (Å²) in [6.45, 7) is 2.24. The van der Waals surface area contributed by atoms with E-state index in [4.69, 9.17) is 4.74 Å². The van der Waals surface area contributed by atoms with Crippen molar-refractivity contribution in [3.05, 3.63) is 35.9 Å². The van der Waals surface area contributed by atoms with Gasteiger partial charge in [0.15, 0.2) is 5.78 Å². The number of benzene rings is 1. The Hall–Kier alpha value is -1.64. The van der Waals surface area contributed by atoms with Crippen LogP contribution in [0.4, 0.5) is 0 Å². The number of hydrogen-bond acceptors (Lipinski definition) is 3. The number of hydrogen-bond donors (Lipinski definition) is 0. The molecular weight excluding hydrogens is 240 g/mol. The van der Waals surface area contributed by atoms with Gasteiger partial charge in [0.1, 0.15) is 0 Å². The summed E-state index contributed by atoms with van der Waals surface area (Å²) in [4.78, 5) is 24.4. The highest BCUT2D eigenvalue weighted by atomic mass is 16.5. The van der Waals surface area contributed by atoms with Crippen molar-refractivity contribution in [1.82, 2.24) is 0 Å². The van der Waals surface area contributed by atoms with Gasteiger partial charge in [-0.1, -0.05) is 30.3 Å². The molecule has 0 amide bonds. The Morgan fingerprint density at radius 2 is 1.89 bits per heavy atom. The molecule has 3 aliphatic carbocycles. The van der Waals surface area contributed by atoms with Crippen LogP contribution in [0.25, 0.3) is 0 Å². The molecule has 3 nitrogen and oxygen atoms in total. The van der Waals surface area contributed by atoms with E-state index in [1.165, 1.54) is 0 Å². The highest BCUT2D eigenvalue weighted by Crippen LogP contribution is 2.62. The first-order chi connectivity index (χ1) is 9.16. The molecule has 3 heteroatoms. The predicted octanol–water partition coefficient (Wildman–Crippen LogP) is 2.85. The van der Waals surface area contributed by atoms with Gasteiger partial charge in [-0.15, -0.1) is 0 Å². The number of carbonyl (C=O) groups is 2. The molecule has 1 aromatic carbocycles. The molecule has 0 heterocycles. The molecule has 0 aliphatic heterocycles. The summed E-state index contributed by atoms with van der Waals surface area (Å²) in [5.41, 5.74) is 0.412. The summed E-state index contributed by atoms with van der Waals surface area (Å²) < 4.78 is 5.15. The molecular formula is C16H18O3. The van der Waals surface area contributed by atoms with Crippen LogP contribution < -0.4 is 0 Å². The lowest BCUT2D eigenvalue weighted by atomic mass is 9.69. The third-order valence-corrected chi connectivity index (χ3v) is 4.59. The van der Waals surface area contributed by atoms with E-state index in [1.54, 1.807) is 0 Å². The minimum Gasteiger partial charge on any atom is -0.466 e. The second-order valence-electron chi connectivity index (χ2n) is 5.71. The first-order valence-corrected chi connectivity index (χ1v) is 6.93. The number of ether oxygens (including phenoxy) is 1. The molecule has 19 heavy (non-hydrogen) atoms. The van der Waals surface area contributed by atoms with Gasteiger partial charge in [0.05, 0.1) is 12.0 Å². The van der Waals surface area contributed by atoms with Crippen LogP contribution in [0.15, 0.2) is 30.3 Å². The number of rotatable bonds is 4. The van der Waals surface area contributed by atoms with Crippen molar-refractivity contribution >= 4 is 11.8 Å². The number of esters is 1. The highest BCUT2D eigenvalue weighted by molar-refractivity contribution is 5.99. The van der Waals surface area contributed by atoms with Gasteiger partial charge in [0, 0.05) is 11.5 Å². The van der Waals surface area contributed by atoms with E-state index in [0.717, 1.165) is 18.4 Å². The number of ketones is 1. The van der Waals surface area contributed by atoms with Crippen molar-refractivity contribution in [2.45, 2.75) is 26.2 Å². The quantitative estimate of drug-likeness (QED) is 0.616. The van der Waals surface area contributed by atoms with Gasteiger partial charge in [-0.05, 0) is 32.1 Å². The molecule has 4 rings (SSSR count). The van der Waals surface area contributed by atoms with Crippen LogP contribution in [0.1, 0.15) is 36.5 Å². The van der Waals surface area contributed by atoms with Gasteiger partial charge < -0.3 is 4.74 Å². The fourth-order valence-corrected chi connectivity index (χ4v) is 3.64. The standard InChI is InChI=1S/C16H18O3/c1-2-19-15(18)16-8-12(9-16)13(10-16)14(17)11-6-4-3-5-7-11/h3-7,12-13H,2,8-10H2,1H3/t12-,13?,16+. The van der Waals surface area contributed by atoms with E-state index in [-0.39, 0.29) is 23.1 Å². The molecule has 0 aromatic heterocycles. The topological polar surface area (TPSA) is 43.4 Å². The normalized spacial score (nSPS) is 31.6. The Morgan fingerprint density at radius 3 is 2.53 bits per heavy atom. The van der Waals surface area contributed by atoms with E-state index in [2.05, 4.69) is 0 Å². The number of carbonyl (C=O) groups excluding carboxylic acids is 2. The maximum Gasteiger partial charge on any atom is 0.312 e. The highest BCUT2D eigenvalue weighted by Gasteiger charge is 2.62. The lowest BCUT2D eigenvalue weighted by molar-refractivity contribution is -0.159. The van der Waals surface area contributed by atoms with Crippen molar-refractivity contribution in [3.8, 4) is 0 Å². The van der Waals surface area contributed by atoms with Crippen LogP contribution in [-0.2, 0) is 9.53 Å². The molecule has 1 unspecified atom stereocenters. The summed E-state index contributed by atoms with van der Waals surface area (Å²) >= 11 is 0. The van der Waals surface area contributed by atoms with Gasteiger partial charge in [-0.3, -0.25) is 9.59 Å². The summed E-state index contributed by atoms with van der Waals surface area (Å²) in [5, 5.41) is 0. The Morgan fingerprint density at radius 1 is 1.21 bits per heavy atom. The van der Waals surface area contributed by atoms with Gasteiger partial charge in [-0.2, -0.15) is 0 Å². The van der Waals surface area contributed by atoms with Crippen molar-refractivity contribution in [2.24, 2.45) is 17.3 Å². The molecule has 1 aromatic rings. The summed E-state index contributed by atoms with van der Waals surface area (Å²) in [5.74, 6) is 0.466. The zero-order valence-electron chi connectivity index (χ0n) is 11.1. The fraction of sp³-hybridized carbons (Fsp3) is 0.500. The van der Waals surface area contributed by atoms with Crippen LogP contribution in [0, 0.1) is 17.3 Å². The average Bonchev–Trinajstić information content (AvgIpc) is 2.95. The monoisotopic (exact) mass is 258 g/mol. The molecule has 3 saturated carbocycles. The SMILES string of the molecule is CCOC(=O)[C@]12CC(C(=O)c3ccccc3)[C@@H](C1)C2. The summed E-state index contributed by atoms with van der Waals surface area (Å²) in [7, 11) is 0. The van der Waals surface area contributed by atoms with Crippen LogP contribution in [-0.4, -0.2) is 18.4 Å². The molecule has 100 valence electrons. The third-order valence-electron chi connectivity index (χ3n) is 4.59. The molecule has 3 fully saturated rings. The smallest absolute Gasteiger partial charge is 0.312 e. The molecule has 0 saturated heterocycles. The van der Waals surface area contributed by atoms with E-state index >= 15 is 0 Å². The largest absolute Gasteiger partial charge is 0.466 e. The van der Waals surface area contributed by atoms with Crippen molar-refractivity contribution in [2.75, 3.05) is 6.61 Å². The van der Waals surface area contributed by atoms with E-state index in [1.807, 2.05) is 37.3 Å². The zero-order valence-corrected chi connectivity index (χ0v) is 11.1. The van der Waals surface area contributed by atoms with Crippen LogP contribution in [0.5, 0.6) is 0 Å². The van der Waals surface area contributed by atoms with Crippen LogP contribution in [0.2, 0.25) is 0 Å². The zero-order chi connectivity index (χ0) is 13.5. The Bertz CT molecular complexity index is 500. The molecule has 1 atom stereocenters. The molecule has 2 bridgehead atoms. The molecule has 0 radical (unpaired) electrons. The summed E-state index contributed by atoms with van der Waals surface area (Å²) in [6, 6.07) is 9.39. The summed E-state index contributed by atoms with van der Waals surface area (Å²) in [6.07, 6.45) is 2.33. The van der Waals surface area contributed by atoms with Gasteiger partial charge >= 0.3 is 5.97 Å². The van der Waals surface area contributed by atoms with E-state index in [9.17, 15) is 9.59 Å². The Kier molecular flexibility index (Phi) is 2.92. The third kappa shape index (κ3) is 1.88.